The number of nitrogens with zero attached hydrogens (tertiary/aromatic N) is 1. The van der Waals surface area contributed by atoms with Crippen molar-refractivity contribution in [1.82, 2.24) is 4.98 Å². The number of aliphatic hydroxyl groups is 1. The first-order valence-corrected chi connectivity index (χ1v) is 13.7. The van der Waals surface area contributed by atoms with Gasteiger partial charge in [0.2, 0.25) is 0 Å². The number of allylic oxidation sites excluding steroid dienone is 2. The van der Waals surface area contributed by atoms with Gasteiger partial charge in [-0.1, -0.05) is 71.5 Å². The SMILES string of the molecule is CC(=O)/C=C(/C)O.[Ir].[c-]1c(-c2ccccn2)cc2c3c1Sc1ccccc1P3c1ccccc1S2. The number of hydrogen-bond acceptors (Lipinski definition) is 5. The molecule has 0 saturated carbocycles. The molecule has 7 heteroatoms. The van der Waals surface area contributed by atoms with Crippen molar-refractivity contribution in [2.45, 2.75) is 33.4 Å². The van der Waals surface area contributed by atoms with Crippen LogP contribution in [-0.2, 0) is 24.9 Å². The van der Waals surface area contributed by atoms with Crippen LogP contribution in [0.2, 0.25) is 0 Å². The van der Waals surface area contributed by atoms with Crippen LogP contribution in [0.15, 0.2) is 110 Å². The van der Waals surface area contributed by atoms with Crippen molar-refractivity contribution in [3.63, 3.8) is 0 Å². The van der Waals surface area contributed by atoms with Crippen molar-refractivity contribution < 1.29 is 30.0 Å². The number of ketones is 1. The minimum atomic E-state index is -0.526. The molecule has 4 aromatic rings. The van der Waals surface area contributed by atoms with Crippen molar-refractivity contribution in [2.24, 2.45) is 0 Å². The predicted octanol–water partition coefficient (Wildman–Crippen LogP) is 6.27. The number of carbonyl (C=O) groups is 1. The van der Waals surface area contributed by atoms with Crippen molar-refractivity contribution in [3.8, 4) is 11.3 Å². The standard InChI is InChI=1S/C23H13NPS2.C5H8O2.Ir/c1-3-10-19-17(8-1)25-18-9-2-4-11-20(18)27-22-14-15(13-21(26-19)23(22)25)16-7-5-6-12-24-16;1-4(6)3-5(2)7;/h1-13H;3,6H,1-2H3;/q-1;;/b;4-3-;. The second kappa shape index (κ2) is 11.2. The number of pyridine rings is 1. The molecule has 2 aliphatic rings. The molecule has 0 amide bonds. The summed E-state index contributed by atoms with van der Waals surface area (Å²) in [5.41, 5.74) is 2.07. The average molecular weight is 691 g/mol. The van der Waals surface area contributed by atoms with Gasteiger partial charge < -0.3 is 10.1 Å². The number of aliphatic hydroxyl groups excluding tert-OH is 1. The third kappa shape index (κ3) is 5.48. The van der Waals surface area contributed by atoms with Crippen LogP contribution in [0.4, 0.5) is 0 Å². The molecule has 2 aliphatic heterocycles. The molecule has 1 aromatic heterocycles. The zero-order valence-corrected chi connectivity index (χ0v) is 23.9. The van der Waals surface area contributed by atoms with Crippen LogP contribution in [0.25, 0.3) is 11.3 Å². The van der Waals surface area contributed by atoms with E-state index < -0.39 is 7.92 Å². The quantitative estimate of drug-likeness (QED) is 0.101. The molecule has 1 unspecified atom stereocenters. The maximum absolute atomic E-state index is 10.0. The molecule has 35 heavy (non-hydrogen) atoms. The first-order chi connectivity index (χ1) is 16.5. The molecule has 0 fully saturated rings. The van der Waals surface area contributed by atoms with Crippen LogP contribution >= 0.6 is 31.4 Å². The second-order valence-electron chi connectivity index (χ2n) is 7.81. The van der Waals surface area contributed by atoms with E-state index in [4.69, 9.17) is 5.11 Å². The summed E-state index contributed by atoms with van der Waals surface area (Å²) in [6.45, 7) is 2.85. The Bertz CT molecular complexity index is 1350. The van der Waals surface area contributed by atoms with Crippen LogP contribution in [0, 0.1) is 6.07 Å². The van der Waals surface area contributed by atoms with Gasteiger partial charge >= 0.3 is 0 Å². The maximum Gasteiger partial charge on any atom is 0.155 e. The fourth-order valence-electron chi connectivity index (χ4n) is 3.90. The molecule has 1 radical (unpaired) electrons. The number of benzene rings is 3. The molecule has 0 saturated heterocycles. The molecule has 3 nitrogen and oxygen atoms in total. The largest absolute Gasteiger partial charge is 0.512 e. The molecule has 0 aliphatic carbocycles. The summed E-state index contributed by atoms with van der Waals surface area (Å²) < 4.78 is 0. The molecule has 3 aromatic carbocycles. The minimum absolute atomic E-state index is 0. The third-order valence-corrected chi connectivity index (χ3v) is 10.7. The molecule has 177 valence electrons. The van der Waals surface area contributed by atoms with E-state index in [0.29, 0.717) is 0 Å². The average Bonchev–Trinajstić information content (AvgIpc) is 2.83. The molecule has 0 spiro atoms. The first kappa shape index (κ1) is 25.9. The Morgan fingerprint density at radius 1 is 0.914 bits per heavy atom. The number of fused-ring (bicyclic) bond motifs is 4. The van der Waals surface area contributed by atoms with Crippen LogP contribution in [0.3, 0.4) is 0 Å². The smallest absolute Gasteiger partial charge is 0.155 e. The Balaban J connectivity index is 0.000000320. The maximum atomic E-state index is 10.0. The molecule has 0 bridgehead atoms. The minimum Gasteiger partial charge on any atom is -0.512 e. The summed E-state index contributed by atoms with van der Waals surface area (Å²) in [5, 5.41) is 12.8. The number of rotatable bonds is 2. The monoisotopic (exact) mass is 691 g/mol. The normalized spacial score (nSPS) is 14.8. The van der Waals surface area contributed by atoms with E-state index in [1.807, 2.05) is 41.9 Å². The Labute approximate surface area is 228 Å². The van der Waals surface area contributed by atoms with Gasteiger partial charge in [-0.25, -0.2) is 0 Å². The van der Waals surface area contributed by atoms with E-state index in [2.05, 4.69) is 71.7 Å². The fraction of sp³-hybridized carbons (Fsp3) is 0.0714. The van der Waals surface area contributed by atoms with E-state index in [1.165, 1.54) is 55.4 Å². The van der Waals surface area contributed by atoms with Gasteiger partial charge in [0.15, 0.2) is 5.78 Å². The summed E-state index contributed by atoms with van der Waals surface area (Å²) >= 11 is 3.74. The Kier molecular flexibility index (Phi) is 8.31. The summed E-state index contributed by atoms with van der Waals surface area (Å²) in [7, 11) is -0.526. The zero-order chi connectivity index (χ0) is 23.7. The Morgan fingerprint density at radius 2 is 1.54 bits per heavy atom. The van der Waals surface area contributed by atoms with Gasteiger partial charge in [0.25, 0.3) is 0 Å². The fourth-order valence-corrected chi connectivity index (χ4v) is 9.79. The van der Waals surface area contributed by atoms with Crippen LogP contribution in [0.1, 0.15) is 13.8 Å². The Hall–Kier alpha value is -2.20. The molecular weight excluding hydrogens is 670 g/mol. The number of aromatic nitrogens is 1. The summed E-state index contributed by atoms with van der Waals surface area (Å²) in [4.78, 5) is 19.9. The molecule has 1 N–H and O–H groups in total. The van der Waals surface area contributed by atoms with E-state index >= 15 is 0 Å². The Morgan fingerprint density at radius 3 is 2.11 bits per heavy atom. The van der Waals surface area contributed by atoms with Gasteiger partial charge in [-0.15, -0.1) is 41.2 Å². The van der Waals surface area contributed by atoms with E-state index in [1.54, 1.807) is 0 Å². The van der Waals surface area contributed by atoms with Crippen molar-refractivity contribution in [1.29, 1.82) is 0 Å². The second-order valence-corrected chi connectivity index (χ2v) is 12.0. The first-order valence-electron chi connectivity index (χ1n) is 10.7. The van der Waals surface area contributed by atoms with Gasteiger partial charge in [-0.05, 0) is 48.3 Å². The van der Waals surface area contributed by atoms with E-state index in [9.17, 15) is 4.79 Å². The van der Waals surface area contributed by atoms with Crippen LogP contribution < -0.4 is 15.9 Å². The van der Waals surface area contributed by atoms with Gasteiger partial charge in [0.1, 0.15) is 0 Å². The molecule has 3 heterocycles. The summed E-state index contributed by atoms with van der Waals surface area (Å²) in [5.74, 6) is -0.0625. The summed E-state index contributed by atoms with van der Waals surface area (Å²) in [6, 6.07) is 29.8. The van der Waals surface area contributed by atoms with Crippen molar-refractivity contribution in [3.05, 3.63) is 96.9 Å². The van der Waals surface area contributed by atoms with Gasteiger partial charge in [0.05, 0.1) is 5.76 Å². The van der Waals surface area contributed by atoms with Gasteiger partial charge in [-0.2, -0.15) is 0 Å². The predicted molar refractivity (Wildman–Crippen MR) is 143 cm³/mol. The molecular formula is C28H21IrNO2PS2-. The van der Waals surface area contributed by atoms with Gasteiger partial charge in [0, 0.05) is 42.2 Å². The van der Waals surface area contributed by atoms with Crippen LogP contribution in [0.5, 0.6) is 0 Å². The summed E-state index contributed by atoms with van der Waals surface area (Å²) in [6.07, 6.45) is 3.02. The topological polar surface area (TPSA) is 50.2 Å². The molecule has 6 rings (SSSR count). The zero-order valence-electron chi connectivity index (χ0n) is 19.0. The third-order valence-electron chi connectivity index (χ3n) is 5.19. The molecule has 1 atom stereocenters. The van der Waals surface area contributed by atoms with Crippen LogP contribution in [-0.4, -0.2) is 15.9 Å². The van der Waals surface area contributed by atoms with E-state index in [-0.39, 0.29) is 31.6 Å². The van der Waals surface area contributed by atoms with Gasteiger partial charge in [-0.3, -0.25) is 4.79 Å². The van der Waals surface area contributed by atoms with Crippen molar-refractivity contribution in [2.75, 3.05) is 0 Å². The van der Waals surface area contributed by atoms with Crippen molar-refractivity contribution >= 4 is 53.1 Å². The van der Waals surface area contributed by atoms with E-state index in [0.717, 1.165) is 11.3 Å². The number of hydrogen-bond donors (Lipinski definition) is 1. The number of carbonyl (C=O) groups excluding carboxylic acids is 1.